The van der Waals surface area contributed by atoms with E-state index in [0.29, 0.717) is 5.00 Å². The van der Waals surface area contributed by atoms with Gasteiger partial charge in [0.2, 0.25) is 5.91 Å². The topological polar surface area (TPSA) is 85.1 Å². The first kappa shape index (κ1) is 15.9. The second-order valence-corrected chi connectivity index (χ2v) is 6.48. The molecule has 124 valence electrons. The zero-order chi connectivity index (χ0) is 16.2. The van der Waals surface area contributed by atoms with E-state index in [0.717, 1.165) is 37.2 Å². The van der Waals surface area contributed by atoms with Crippen molar-refractivity contribution in [1.29, 1.82) is 0 Å². The van der Waals surface area contributed by atoms with Crippen molar-refractivity contribution in [1.82, 2.24) is 30.0 Å². The van der Waals surface area contributed by atoms with E-state index in [2.05, 4.69) is 27.6 Å². The molecule has 0 atom stereocenters. The number of amides is 1. The number of hydrogen-bond acceptors (Lipinski definition) is 6. The Hall–Kier alpha value is -2.00. The molecule has 0 saturated carbocycles. The Labute approximate surface area is 137 Å². The number of rotatable bonds is 5. The zero-order valence-electron chi connectivity index (χ0n) is 13.0. The van der Waals surface area contributed by atoms with E-state index in [1.54, 1.807) is 6.07 Å². The van der Waals surface area contributed by atoms with Crippen molar-refractivity contribution in [3.05, 3.63) is 28.0 Å². The van der Waals surface area contributed by atoms with Crippen molar-refractivity contribution in [3.8, 4) is 5.00 Å². The lowest BCUT2D eigenvalue weighted by Gasteiger charge is -2.31. The number of aromatic nitrogens is 4. The van der Waals surface area contributed by atoms with Crippen LogP contribution < -0.4 is 11.0 Å². The number of hydrogen-bond donors (Lipinski definition) is 1. The molecule has 23 heavy (non-hydrogen) atoms. The molecule has 0 aliphatic carbocycles. The summed E-state index contributed by atoms with van der Waals surface area (Å²) in [7, 11) is 0. The van der Waals surface area contributed by atoms with Crippen LogP contribution in [0.15, 0.2) is 22.3 Å². The van der Waals surface area contributed by atoms with Gasteiger partial charge in [0, 0.05) is 19.1 Å². The van der Waals surface area contributed by atoms with Crippen LogP contribution in [0.5, 0.6) is 0 Å². The van der Waals surface area contributed by atoms with E-state index in [9.17, 15) is 9.59 Å². The fourth-order valence-electron chi connectivity index (χ4n) is 2.71. The minimum absolute atomic E-state index is 0.0990. The van der Waals surface area contributed by atoms with E-state index in [-0.39, 0.29) is 18.5 Å². The maximum absolute atomic E-state index is 12.2. The van der Waals surface area contributed by atoms with Gasteiger partial charge in [-0.2, -0.15) is 9.36 Å². The highest BCUT2D eigenvalue weighted by atomic mass is 32.1. The zero-order valence-corrected chi connectivity index (χ0v) is 13.8. The van der Waals surface area contributed by atoms with E-state index in [1.165, 1.54) is 16.0 Å². The minimum Gasteiger partial charge on any atom is -0.352 e. The van der Waals surface area contributed by atoms with Crippen LogP contribution >= 0.6 is 11.3 Å². The summed E-state index contributed by atoms with van der Waals surface area (Å²) >= 11 is 1.40. The van der Waals surface area contributed by atoms with E-state index in [1.807, 2.05) is 11.4 Å². The quantitative estimate of drug-likeness (QED) is 0.836. The Bertz CT molecular complexity index is 699. The molecule has 0 bridgehead atoms. The number of carbonyl (C=O) groups excluding carboxylic acids is 1. The summed E-state index contributed by atoms with van der Waals surface area (Å²) in [6, 6.07) is 3.79. The smallest absolute Gasteiger partial charge is 0.352 e. The van der Waals surface area contributed by atoms with Crippen LogP contribution in [0.25, 0.3) is 5.00 Å². The van der Waals surface area contributed by atoms with Crippen LogP contribution in [0.1, 0.15) is 19.8 Å². The largest absolute Gasteiger partial charge is 0.369 e. The van der Waals surface area contributed by atoms with Crippen LogP contribution in [0, 0.1) is 0 Å². The number of likely N-dealkylation sites (tertiary alicyclic amines) is 1. The first-order chi connectivity index (χ1) is 11.2. The molecular weight excluding hydrogens is 316 g/mol. The van der Waals surface area contributed by atoms with Crippen molar-refractivity contribution in [2.24, 2.45) is 0 Å². The number of carbonyl (C=O) groups is 1. The van der Waals surface area contributed by atoms with Crippen LogP contribution in [0.4, 0.5) is 0 Å². The lowest BCUT2D eigenvalue weighted by atomic mass is 10.1. The van der Waals surface area contributed by atoms with E-state index in [4.69, 9.17) is 0 Å². The number of piperidine rings is 1. The molecule has 2 aromatic rings. The summed E-state index contributed by atoms with van der Waals surface area (Å²) in [5.41, 5.74) is -0.400. The number of tetrazole rings is 1. The summed E-state index contributed by atoms with van der Waals surface area (Å²) in [6.07, 6.45) is 1.88. The molecule has 0 aromatic carbocycles. The average molecular weight is 336 g/mol. The second kappa shape index (κ2) is 7.05. The van der Waals surface area contributed by atoms with Crippen LogP contribution in [-0.2, 0) is 11.3 Å². The molecule has 1 amide bonds. The molecule has 1 N–H and O–H groups in total. The first-order valence-electron chi connectivity index (χ1n) is 7.75. The van der Waals surface area contributed by atoms with Crippen molar-refractivity contribution in [2.75, 3.05) is 19.6 Å². The standard InChI is InChI=1S/C14H20N6O2S/c1-2-18-7-5-11(6-8-18)15-12(21)10-19-14(22)20(17-16-19)13-4-3-9-23-13/h3-4,9,11H,2,5-8,10H2,1H3,(H,15,21). The van der Waals surface area contributed by atoms with Gasteiger partial charge in [-0.25, -0.2) is 4.79 Å². The first-order valence-corrected chi connectivity index (χ1v) is 8.63. The van der Waals surface area contributed by atoms with Crippen LogP contribution in [-0.4, -0.2) is 56.3 Å². The molecule has 0 spiro atoms. The maximum atomic E-state index is 12.2. The highest BCUT2D eigenvalue weighted by Crippen LogP contribution is 2.11. The van der Waals surface area contributed by atoms with Gasteiger partial charge in [-0.15, -0.1) is 11.3 Å². The summed E-state index contributed by atoms with van der Waals surface area (Å²) < 4.78 is 2.30. The third-order valence-corrected chi connectivity index (χ3v) is 4.89. The van der Waals surface area contributed by atoms with Gasteiger partial charge >= 0.3 is 5.69 Å². The fraction of sp³-hybridized carbons (Fsp3) is 0.571. The highest BCUT2D eigenvalue weighted by Gasteiger charge is 2.20. The molecule has 3 rings (SSSR count). The molecule has 9 heteroatoms. The summed E-state index contributed by atoms with van der Waals surface area (Å²) in [4.78, 5) is 26.7. The van der Waals surface area contributed by atoms with Gasteiger partial charge in [0.05, 0.1) is 0 Å². The maximum Gasteiger partial charge on any atom is 0.369 e. The molecule has 2 aromatic heterocycles. The molecule has 0 radical (unpaired) electrons. The van der Waals surface area contributed by atoms with E-state index < -0.39 is 5.69 Å². The number of nitrogens with zero attached hydrogens (tertiary/aromatic N) is 5. The summed E-state index contributed by atoms with van der Waals surface area (Å²) in [5.74, 6) is -0.194. The Morgan fingerprint density at radius 2 is 2.17 bits per heavy atom. The van der Waals surface area contributed by atoms with Crippen LogP contribution in [0.3, 0.4) is 0 Å². The molecule has 1 fully saturated rings. The van der Waals surface area contributed by atoms with Crippen molar-refractivity contribution >= 4 is 17.2 Å². The number of thiophene rings is 1. The SMILES string of the molecule is CCN1CCC(NC(=O)Cn2nnn(-c3cccs3)c2=O)CC1. The van der Waals surface area contributed by atoms with Crippen LogP contribution in [0.2, 0.25) is 0 Å². The van der Waals surface area contributed by atoms with Crippen molar-refractivity contribution < 1.29 is 4.79 Å². The molecule has 1 saturated heterocycles. The Morgan fingerprint density at radius 3 is 2.83 bits per heavy atom. The summed E-state index contributed by atoms with van der Waals surface area (Å²) in [5, 5.41) is 13.1. The predicted octanol–water partition coefficient (Wildman–Crippen LogP) is 0.0910. The van der Waals surface area contributed by atoms with Gasteiger partial charge in [-0.1, -0.05) is 6.92 Å². The predicted molar refractivity (Wildman–Crippen MR) is 86.8 cm³/mol. The normalized spacial score (nSPS) is 16.6. The van der Waals surface area contributed by atoms with Gasteiger partial charge in [-0.3, -0.25) is 4.79 Å². The van der Waals surface area contributed by atoms with Gasteiger partial charge in [0.25, 0.3) is 0 Å². The molecule has 8 nitrogen and oxygen atoms in total. The minimum atomic E-state index is -0.400. The highest BCUT2D eigenvalue weighted by molar-refractivity contribution is 7.12. The van der Waals surface area contributed by atoms with E-state index >= 15 is 0 Å². The fourth-order valence-corrected chi connectivity index (χ4v) is 3.37. The molecule has 1 aliphatic rings. The second-order valence-electron chi connectivity index (χ2n) is 5.56. The van der Waals surface area contributed by atoms with Crippen molar-refractivity contribution in [3.63, 3.8) is 0 Å². The van der Waals surface area contributed by atoms with Gasteiger partial charge < -0.3 is 10.2 Å². The lowest BCUT2D eigenvalue weighted by molar-refractivity contribution is -0.122. The van der Waals surface area contributed by atoms with Gasteiger partial charge in [0.15, 0.2) is 0 Å². The number of nitrogens with one attached hydrogen (secondary N) is 1. The van der Waals surface area contributed by atoms with Gasteiger partial charge in [-0.05, 0) is 47.3 Å². The third kappa shape index (κ3) is 3.67. The summed E-state index contributed by atoms with van der Waals surface area (Å²) in [6.45, 7) is 5.08. The monoisotopic (exact) mass is 336 g/mol. The lowest BCUT2D eigenvalue weighted by Crippen LogP contribution is -2.46. The molecule has 0 unspecified atom stereocenters. The van der Waals surface area contributed by atoms with Gasteiger partial charge in [0.1, 0.15) is 11.5 Å². The Morgan fingerprint density at radius 1 is 1.39 bits per heavy atom. The Kier molecular flexibility index (Phi) is 4.87. The Balaban J connectivity index is 1.58. The molecule has 3 heterocycles. The third-order valence-electron chi connectivity index (χ3n) is 4.05. The van der Waals surface area contributed by atoms with Crippen molar-refractivity contribution in [2.45, 2.75) is 32.4 Å². The average Bonchev–Trinajstić information content (AvgIpc) is 3.19. The molecular formula is C14H20N6O2S. The molecule has 1 aliphatic heterocycles.